The van der Waals surface area contributed by atoms with Gasteiger partial charge in [-0.05, 0) is 51.3 Å². The van der Waals surface area contributed by atoms with Crippen LogP contribution in [0.5, 0.6) is 0 Å². The van der Waals surface area contributed by atoms with Crippen LogP contribution in [0, 0.1) is 0 Å². The monoisotopic (exact) mass is 590 g/mol. The minimum atomic E-state index is 0.110. The summed E-state index contributed by atoms with van der Waals surface area (Å²) in [5.74, 6) is 1.96. The highest BCUT2D eigenvalue weighted by Crippen LogP contribution is 2.42. The van der Waals surface area contributed by atoms with Crippen molar-refractivity contribution in [2.75, 3.05) is 38.5 Å². The lowest BCUT2D eigenvalue weighted by Gasteiger charge is -2.46. The van der Waals surface area contributed by atoms with Crippen molar-refractivity contribution in [1.29, 1.82) is 0 Å². The number of hydrogen-bond donors (Lipinski definition) is 2. The van der Waals surface area contributed by atoms with Crippen LogP contribution in [0.2, 0.25) is 0 Å². The van der Waals surface area contributed by atoms with Crippen LogP contribution in [-0.2, 0) is 4.79 Å². The molecule has 0 unspecified atom stereocenters. The van der Waals surface area contributed by atoms with Gasteiger partial charge < -0.3 is 11.1 Å². The number of aromatic nitrogens is 4. The minimum absolute atomic E-state index is 0.110. The van der Waals surface area contributed by atoms with Gasteiger partial charge in [0.2, 0.25) is 5.91 Å². The number of imidazole rings is 1. The normalized spacial score (nSPS) is 20.0. The Morgan fingerprint density at radius 1 is 1.14 bits per heavy atom. The SMILES string of the molecule is C=C/C(=C\C=C/C)c1ccc2ccc(-c3nc(C4CC(N5CCN(CC(=O)NC(C)C)CC5)C4)n4ccnc(N)c34)cc2n1. The zero-order chi connectivity index (χ0) is 30.8. The second-order valence-corrected chi connectivity index (χ2v) is 12.2. The molecule has 1 amide bonds. The summed E-state index contributed by atoms with van der Waals surface area (Å²) in [6.45, 7) is 14.2. The number of carbonyl (C=O) groups is 1. The lowest BCUT2D eigenvalue weighted by Crippen LogP contribution is -2.55. The summed E-state index contributed by atoms with van der Waals surface area (Å²) in [7, 11) is 0. The van der Waals surface area contributed by atoms with E-state index in [0.717, 1.165) is 83.8 Å². The maximum Gasteiger partial charge on any atom is 0.234 e. The molecule has 2 fully saturated rings. The molecule has 0 atom stereocenters. The number of nitrogen functional groups attached to an aromatic ring is 1. The number of amides is 1. The fourth-order valence-electron chi connectivity index (χ4n) is 6.41. The Bertz CT molecular complexity index is 1740. The number of hydrogen-bond acceptors (Lipinski definition) is 7. The predicted octanol–water partition coefficient (Wildman–Crippen LogP) is 5.06. The Hall–Kier alpha value is -4.34. The van der Waals surface area contributed by atoms with Crippen molar-refractivity contribution in [3.8, 4) is 11.3 Å². The summed E-state index contributed by atoms with van der Waals surface area (Å²) in [6.07, 6.45) is 13.7. The second kappa shape index (κ2) is 12.7. The van der Waals surface area contributed by atoms with E-state index in [1.54, 1.807) is 6.20 Å². The van der Waals surface area contributed by atoms with E-state index in [1.807, 2.05) is 57.3 Å². The molecule has 4 aromatic rings. The van der Waals surface area contributed by atoms with Crippen LogP contribution in [0.1, 0.15) is 51.0 Å². The number of rotatable bonds is 9. The average Bonchev–Trinajstić information content (AvgIpc) is 3.37. The van der Waals surface area contributed by atoms with Crippen molar-refractivity contribution in [2.45, 2.75) is 51.6 Å². The molecule has 0 bridgehead atoms. The molecule has 1 saturated carbocycles. The predicted molar refractivity (Wildman–Crippen MR) is 178 cm³/mol. The molecule has 9 nitrogen and oxygen atoms in total. The zero-order valence-corrected chi connectivity index (χ0v) is 25.9. The van der Waals surface area contributed by atoms with Crippen molar-refractivity contribution < 1.29 is 4.79 Å². The summed E-state index contributed by atoms with van der Waals surface area (Å²) in [5, 5.41) is 4.06. The van der Waals surface area contributed by atoms with Crippen LogP contribution in [-0.4, -0.2) is 79.9 Å². The molecule has 3 N–H and O–H groups in total. The molecule has 6 rings (SSSR count). The Labute approximate surface area is 259 Å². The van der Waals surface area contributed by atoms with E-state index in [2.05, 4.69) is 55.3 Å². The summed E-state index contributed by atoms with van der Waals surface area (Å²) in [5.41, 5.74) is 11.9. The van der Waals surface area contributed by atoms with Crippen molar-refractivity contribution >= 4 is 33.7 Å². The third-order valence-electron chi connectivity index (χ3n) is 8.78. The topological polar surface area (TPSA) is 105 Å². The van der Waals surface area contributed by atoms with E-state index < -0.39 is 0 Å². The van der Waals surface area contributed by atoms with Gasteiger partial charge in [-0.15, -0.1) is 0 Å². The highest BCUT2D eigenvalue weighted by Gasteiger charge is 2.38. The summed E-state index contributed by atoms with van der Waals surface area (Å²) < 4.78 is 2.13. The van der Waals surface area contributed by atoms with Crippen LogP contribution < -0.4 is 11.1 Å². The van der Waals surface area contributed by atoms with E-state index in [9.17, 15) is 4.79 Å². The molecule has 0 radical (unpaired) electrons. The standard InChI is InChI=1S/C35H42N8O/c1-5-7-8-24(6-2)29-12-11-25-9-10-26(21-30(25)39-29)32-33-34(36)37-13-14-43(33)35(40-32)27-19-28(20-27)42-17-15-41(16-18-42)22-31(44)38-23(3)4/h5-14,21,23,27-28H,2,15-20,22H2,1,3-4H3,(H2,36,37)(H,38,44)/b7-5-,24-8+. The Kier molecular flexibility index (Phi) is 8.59. The van der Waals surface area contributed by atoms with E-state index in [0.29, 0.717) is 24.3 Å². The smallest absolute Gasteiger partial charge is 0.234 e. The summed E-state index contributed by atoms with van der Waals surface area (Å²) in [4.78, 5) is 31.6. The Balaban J connectivity index is 1.21. The lowest BCUT2D eigenvalue weighted by molar-refractivity contribution is -0.123. The van der Waals surface area contributed by atoms with Crippen LogP contribution in [0.4, 0.5) is 5.82 Å². The largest absolute Gasteiger partial charge is 0.382 e. The van der Waals surface area contributed by atoms with E-state index in [1.165, 1.54) is 0 Å². The third kappa shape index (κ3) is 6.02. The number of nitrogens with zero attached hydrogens (tertiary/aromatic N) is 6. The van der Waals surface area contributed by atoms with Crippen molar-refractivity contribution in [2.24, 2.45) is 0 Å². The first-order valence-corrected chi connectivity index (χ1v) is 15.6. The van der Waals surface area contributed by atoms with E-state index >= 15 is 0 Å². The van der Waals surface area contributed by atoms with Gasteiger partial charge in [0, 0.05) is 67.5 Å². The molecule has 1 aliphatic heterocycles. The number of carbonyl (C=O) groups excluding carboxylic acids is 1. The van der Waals surface area contributed by atoms with Gasteiger partial charge in [0.25, 0.3) is 0 Å². The second-order valence-electron chi connectivity index (χ2n) is 12.2. The molecule has 228 valence electrons. The molecule has 1 saturated heterocycles. The summed E-state index contributed by atoms with van der Waals surface area (Å²) >= 11 is 0. The number of piperazine rings is 1. The van der Waals surface area contributed by atoms with Crippen LogP contribution >= 0.6 is 0 Å². The molecule has 9 heteroatoms. The maximum atomic E-state index is 12.2. The Morgan fingerprint density at radius 2 is 1.91 bits per heavy atom. The molecular weight excluding hydrogens is 548 g/mol. The van der Waals surface area contributed by atoms with Gasteiger partial charge in [0.15, 0.2) is 0 Å². The number of allylic oxidation sites excluding steroid dienone is 5. The molecule has 1 aliphatic carbocycles. The molecule has 2 aliphatic rings. The van der Waals surface area contributed by atoms with Crippen LogP contribution in [0.3, 0.4) is 0 Å². The van der Waals surface area contributed by atoms with Gasteiger partial charge in [-0.2, -0.15) is 0 Å². The minimum Gasteiger partial charge on any atom is -0.382 e. The molecule has 4 heterocycles. The zero-order valence-electron chi connectivity index (χ0n) is 25.9. The first-order chi connectivity index (χ1) is 21.3. The Morgan fingerprint density at radius 3 is 2.64 bits per heavy atom. The number of anilines is 1. The number of nitrogens with two attached hydrogens (primary N) is 1. The number of nitrogens with one attached hydrogen (secondary N) is 1. The first kappa shape index (κ1) is 29.7. The van der Waals surface area contributed by atoms with E-state index in [-0.39, 0.29) is 11.9 Å². The van der Waals surface area contributed by atoms with Crippen molar-refractivity contribution in [3.05, 3.63) is 85.1 Å². The van der Waals surface area contributed by atoms with Crippen molar-refractivity contribution in [1.82, 2.24) is 34.5 Å². The highest BCUT2D eigenvalue weighted by molar-refractivity contribution is 5.91. The molecule has 0 spiro atoms. The maximum absolute atomic E-state index is 12.2. The number of benzene rings is 1. The molecule has 3 aromatic heterocycles. The lowest BCUT2D eigenvalue weighted by atomic mass is 9.78. The molecule has 1 aromatic carbocycles. The summed E-state index contributed by atoms with van der Waals surface area (Å²) in [6, 6.07) is 11.1. The average molecular weight is 591 g/mol. The fraction of sp³-hybridized carbons (Fsp3) is 0.371. The molecular formula is C35H42N8O. The van der Waals surface area contributed by atoms with Crippen LogP contribution in [0.15, 0.2) is 73.6 Å². The van der Waals surface area contributed by atoms with Gasteiger partial charge >= 0.3 is 0 Å². The van der Waals surface area contributed by atoms with Crippen LogP contribution in [0.25, 0.3) is 33.3 Å². The van der Waals surface area contributed by atoms with Gasteiger partial charge in [0.05, 0.1) is 17.8 Å². The van der Waals surface area contributed by atoms with Gasteiger partial charge in [-0.3, -0.25) is 19.0 Å². The van der Waals surface area contributed by atoms with Crippen molar-refractivity contribution in [3.63, 3.8) is 0 Å². The third-order valence-corrected chi connectivity index (χ3v) is 8.78. The number of fused-ring (bicyclic) bond motifs is 2. The quantitative estimate of drug-likeness (QED) is 0.263. The highest BCUT2D eigenvalue weighted by atomic mass is 16.2. The van der Waals surface area contributed by atoms with E-state index in [4.69, 9.17) is 15.7 Å². The van der Waals surface area contributed by atoms with Gasteiger partial charge in [-0.1, -0.05) is 49.1 Å². The fourth-order valence-corrected chi connectivity index (χ4v) is 6.41. The van der Waals surface area contributed by atoms with Gasteiger partial charge in [0.1, 0.15) is 22.9 Å². The van der Waals surface area contributed by atoms with Gasteiger partial charge in [-0.25, -0.2) is 15.0 Å². The number of pyridine rings is 1. The first-order valence-electron chi connectivity index (χ1n) is 15.6. The molecule has 44 heavy (non-hydrogen) atoms.